The summed E-state index contributed by atoms with van der Waals surface area (Å²) in [5.41, 5.74) is 0.0640. The van der Waals surface area contributed by atoms with Crippen LogP contribution < -0.4 is 0 Å². The third-order valence-electron chi connectivity index (χ3n) is 1.40. The van der Waals surface area contributed by atoms with Crippen molar-refractivity contribution >= 4 is 47.3 Å². The van der Waals surface area contributed by atoms with E-state index in [0.29, 0.717) is 0 Å². The van der Waals surface area contributed by atoms with E-state index in [2.05, 4.69) is 15.9 Å². The van der Waals surface area contributed by atoms with Gasteiger partial charge in [0, 0.05) is 15.2 Å². The molecule has 3 nitrogen and oxygen atoms in total. The minimum Gasteiger partial charge on any atom is -0.207 e. The Bertz CT molecular complexity index is 521. The van der Waals surface area contributed by atoms with Crippen LogP contribution in [-0.4, -0.2) is 8.42 Å². The van der Waals surface area contributed by atoms with Crippen molar-refractivity contribution in [3.05, 3.63) is 27.2 Å². The molecule has 0 saturated heterocycles. The maximum atomic E-state index is 11.0. The van der Waals surface area contributed by atoms with Crippen molar-refractivity contribution in [2.45, 2.75) is 4.90 Å². The van der Waals surface area contributed by atoms with Crippen LogP contribution in [0.25, 0.3) is 0 Å². The fourth-order valence-electron chi connectivity index (χ4n) is 0.802. The van der Waals surface area contributed by atoms with E-state index in [4.69, 9.17) is 27.5 Å². The summed E-state index contributed by atoms with van der Waals surface area (Å²) in [6, 6.07) is 4.19. The molecule has 0 saturated carbocycles. The van der Waals surface area contributed by atoms with E-state index in [0.717, 1.165) is 6.07 Å². The normalized spacial score (nSPS) is 11.0. The van der Waals surface area contributed by atoms with Gasteiger partial charge < -0.3 is 0 Å². The first-order valence-corrected chi connectivity index (χ1v) is 6.68. The van der Waals surface area contributed by atoms with Gasteiger partial charge in [0.05, 0.1) is 15.5 Å². The molecule has 1 aromatic rings. The van der Waals surface area contributed by atoms with Gasteiger partial charge in [-0.05, 0) is 28.1 Å². The molecule has 0 aliphatic rings. The van der Waals surface area contributed by atoms with Crippen molar-refractivity contribution < 1.29 is 8.42 Å². The quantitative estimate of drug-likeness (QED) is 0.749. The molecule has 0 radical (unpaired) electrons. The summed E-state index contributed by atoms with van der Waals surface area (Å²) in [7, 11) is 1.27. The van der Waals surface area contributed by atoms with E-state index in [-0.39, 0.29) is 20.0 Å². The molecular weight excluding hydrogens is 313 g/mol. The van der Waals surface area contributed by atoms with Crippen LogP contribution in [0.4, 0.5) is 0 Å². The van der Waals surface area contributed by atoms with Crippen molar-refractivity contribution in [1.82, 2.24) is 0 Å². The number of hydrogen-bond acceptors (Lipinski definition) is 3. The van der Waals surface area contributed by atoms with Crippen LogP contribution >= 0.6 is 38.2 Å². The molecule has 0 atom stereocenters. The summed E-state index contributed by atoms with van der Waals surface area (Å²) in [5, 5.41) is 8.78. The molecule has 0 heterocycles. The molecule has 74 valence electrons. The minimum atomic E-state index is -3.87. The highest BCUT2D eigenvalue weighted by atomic mass is 79.9. The predicted molar refractivity (Wildman–Crippen MR) is 56.9 cm³/mol. The molecule has 0 fully saturated rings. The first-order valence-electron chi connectivity index (χ1n) is 3.20. The SMILES string of the molecule is N#Cc1cc(S(=O)(=O)Cl)c(Br)cc1Cl. The molecule has 0 aliphatic heterocycles. The Kier molecular flexibility index (Phi) is 3.43. The van der Waals surface area contributed by atoms with Gasteiger partial charge in [0.2, 0.25) is 0 Å². The summed E-state index contributed by atoms with van der Waals surface area (Å²) >= 11 is 8.65. The van der Waals surface area contributed by atoms with Crippen LogP contribution in [0, 0.1) is 11.3 Å². The van der Waals surface area contributed by atoms with E-state index < -0.39 is 9.05 Å². The molecule has 0 N–H and O–H groups in total. The van der Waals surface area contributed by atoms with Gasteiger partial charge in [-0.2, -0.15) is 5.26 Å². The topological polar surface area (TPSA) is 57.9 Å². The summed E-state index contributed by atoms with van der Waals surface area (Å²) < 4.78 is 22.3. The lowest BCUT2D eigenvalue weighted by molar-refractivity contribution is 0.609. The molecule has 0 bridgehead atoms. The minimum absolute atomic E-state index is 0.0640. The smallest absolute Gasteiger partial charge is 0.207 e. The molecule has 7 heteroatoms. The number of hydrogen-bond donors (Lipinski definition) is 0. The third kappa shape index (κ3) is 2.39. The van der Waals surface area contributed by atoms with Crippen molar-refractivity contribution in [2.75, 3.05) is 0 Å². The van der Waals surface area contributed by atoms with Gasteiger partial charge in [0.15, 0.2) is 0 Å². The number of benzene rings is 1. The lowest BCUT2D eigenvalue weighted by Gasteiger charge is -2.02. The highest BCUT2D eigenvalue weighted by Crippen LogP contribution is 2.30. The molecule has 0 aliphatic carbocycles. The molecule has 0 aromatic heterocycles. The van der Waals surface area contributed by atoms with Crippen molar-refractivity contribution in [3.8, 4) is 6.07 Å². The van der Waals surface area contributed by atoms with Crippen LogP contribution in [0.15, 0.2) is 21.5 Å². The van der Waals surface area contributed by atoms with Gasteiger partial charge in [0.1, 0.15) is 6.07 Å². The number of rotatable bonds is 1. The van der Waals surface area contributed by atoms with Gasteiger partial charge in [-0.25, -0.2) is 8.42 Å². The highest BCUT2D eigenvalue weighted by molar-refractivity contribution is 9.10. The van der Waals surface area contributed by atoms with Gasteiger partial charge in [-0.3, -0.25) is 0 Å². The van der Waals surface area contributed by atoms with Gasteiger partial charge in [-0.1, -0.05) is 11.6 Å². The van der Waals surface area contributed by atoms with E-state index >= 15 is 0 Å². The maximum absolute atomic E-state index is 11.0. The number of nitriles is 1. The Morgan fingerprint density at radius 2 is 2.00 bits per heavy atom. The van der Waals surface area contributed by atoms with Crippen molar-refractivity contribution in [1.29, 1.82) is 5.26 Å². The van der Waals surface area contributed by atoms with E-state index in [1.54, 1.807) is 6.07 Å². The molecular formula is C7H2BrCl2NO2S. The van der Waals surface area contributed by atoms with Crippen LogP contribution in [0.5, 0.6) is 0 Å². The number of halogens is 3. The Morgan fingerprint density at radius 3 is 2.43 bits per heavy atom. The summed E-state index contributed by atoms with van der Waals surface area (Å²) in [6.07, 6.45) is 0. The maximum Gasteiger partial charge on any atom is 0.262 e. The second-order valence-corrected chi connectivity index (χ2v) is 6.11. The second-order valence-electron chi connectivity index (χ2n) is 2.31. The standard InChI is InChI=1S/C7H2BrCl2NO2S/c8-5-2-6(9)4(3-11)1-7(5)14(10,12)13/h1-2H. The first-order chi connectivity index (χ1) is 6.36. The molecule has 0 amide bonds. The molecule has 0 unspecified atom stereocenters. The molecule has 1 rings (SSSR count). The molecule has 14 heavy (non-hydrogen) atoms. The van der Waals surface area contributed by atoms with Crippen molar-refractivity contribution in [2.24, 2.45) is 0 Å². The zero-order chi connectivity index (χ0) is 10.9. The summed E-state index contributed by atoms with van der Waals surface area (Å²) in [6.45, 7) is 0. The summed E-state index contributed by atoms with van der Waals surface area (Å²) in [5.74, 6) is 0. The van der Waals surface area contributed by atoms with Crippen LogP contribution in [-0.2, 0) is 9.05 Å². The zero-order valence-electron chi connectivity index (χ0n) is 6.46. The highest BCUT2D eigenvalue weighted by Gasteiger charge is 2.17. The monoisotopic (exact) mass is 313 g/mol. The van der Waals surface area contributed by atoms with E-state index in [9.17, 15) is 8.42 Å². The third-order valence-corrected chi connectivity index (χ3v) is 4.00. The average Bonchev–Trinajstić information content (AvgIpc) is 2.02. The summed E-state index contributed by atoms with van der Waals surface area (Å²) in [4.78, 5) is -0.167. The van der Waals surface area contributed by atoms with Crippen LogP contribution in [0.1, 0.15) is 5.56 Å². The lowest BCUT2D eigenvalue weighted by atomic mass is 10.2. The number of nitrogens with zero attached hydrogens (tertiary/aromatic N) is 1. The lowest BCUT2D eigenvalue weighted by Crippen LogP contribution is -1.93. The Hall–Kier alpha value is -0.280. The molecule has 0 spiro atoms. The van der Waals surface area contributed by atoms with Gasteiger partial charge >= 0.3 is 0 Å². The largest absolute Gasteiger partial charge is 0.262 e. The average molecular weight is 315 g/mol. The Balaban J connectivity index is 3.58. The van der Waals surface area contributed by atoms with Crippen molar-refractivity contribution in [3.63, 3.8) is 0 Å². The fraction of sp³-hybridized carbons (Fsp3) is 0. The van der Waals surface area contributed by atoms with Crippen LogP contribution in [0.2, 0.25) is 5.02 Å². The first kappa shape index (κ1) is 11.8. The van der Waals surface area contributed by atoms with Gasteiger partial charge in [0.25, 0.3) is 9.05 Å². The Labute approximate surface area is 98.8 Å². The van der Waals surface area contributed by atoms with E-state index in [1.165, 1.54) is 6.07 Å². The van der Waals surface area contributed by atoms with Crippen LogP contribution in [0.3, 0.4) is 0 Å². The predicted octanol–water partition coefficient (Wildman–Crippen LogP) is 2.90. The Morgan fingerprint density at radius 1 is 1.43 bits per heavy atom. The van der Waals surface area contributed by atoms with E-state index in [1.807, 2.05) is 0 Å². The van der Waals surface area contributed by atoms with Gasteiger partial charge in [-0.15, -0.1) is 0 Å². The zero-order valence-corrected chi connectivity index (χ0v) is 10.4. The second kappa shape index (κ2) is 4.07. The molecule has 1 aromatic carbocycles. The fourth-order valence-corrected chi connectivity index (χ4v) is 3.34.